The fourth-order valence-electron chi connectivity index (χ4n) is 2.85. The summed E-state index contributed by atoms with van der Waals surface area (Å²) in [5.74, 6) is 0.826. The van der Waals surface area contributed by atoms with Crippen LogP contribution in [0.15, 0.2) is 18.2 Å². The van der Waals surface area contributed by atoms with Crippen molar-refractivity contribution in [3.05, 3.63) is 23.8 Å². The summed E-state index contributed by atoms with van der Waals surface area (Å²) in [4.78, 5) is 0. The van der Waals surface area contributed by atoms with Gasteiger partial charge in [-0.15, -0.1) is 0 Å². The standard InChI is InChI=1S/C13H17NO2/c1-16-10-4-2-3-9(11(10)15)12(5-6-12)13(14)7-8-13/h2-4,15H,5-8,14H2,1H3. The maximum atomic E-state index is 10.2. The predicted molar refractivity (Wildman–Crippen MR) is 61.7 cm³/mol. The van der Waals surface area contributed by atoms with Gasteiger partial charge in [0.1, 0.15) is 0 Å². The molecule has 0 saturated heterocycles. The summed E-state index contributed by atoms with van der Waals surface area (Å²) < 4.78 is 5.15. The molecule has 2 aliphatic rings. The van der Waals surface area contributed by atoms with Crippen LogP contribution >= 0.6 is 0 Å². The van der Waals surface area contributed by atoms with Crippen molar-refractivity contribution in [2.45, 2.75) is 36.6 Å². The number of ether oxygens (including phenoxy) is 1. The molecule has 2 aliphatic carbocycles. The molecule has 16 heavy (non-hydrogen) atoms. The molecule has 0 spiro atoms. The van der Waals surface area contributed by atoms with Gasteiger partial charge in [-0.05, 0) is 31.7 Å². The van der Waals surface area contributed by atoms with Crippen molar-refractivity contribution < 1.29 is 9.84 Å². The zero-order valence-corrected chi connectivity index (χ0v) is 9.49. The number of benzene rings is 1. The molecule has 0 radical (unpaired) electrons. The smallest absolute Gasteiger partial charge is 0.161 e. The number of para-hydroxylation sites is 1. The Balaban J connectivity index is 2.07. The molecule has 0 heterocycles. The van der Waals surface area contributed by atoms with Crippen LogP contribution < -0.4 is 10.5 Å². The SMILES string of the molecule is COc1cccc(C2(C3(N)CC3)CC2)c1O. The number of nitrogens with two attached hydrogens (primary N) is 1. The van der Waals surface area contributed by atoms with Gasteiger partial charge in [-0.2, -0.15) is 0 Å². The van der Waals surface area contributed by atoms with Crippen LogP contribution in [-0.4, -0.2) is 17.8 Å². The van der Waals surface area contributed by atoms with Gasteiger partial charge in [-0.25, -0.2) is 0 Å². The first kappa shape index (κ1) is 9.97. The maximum Gasteiger partial charge on any atom is 0.161 e. The van der Waals surface area contributed by atoms with Crippen molar-refractivity contribution in [3.63, 3.8) is 0 Å². The Labute approximate surface area is 95.2 Å². The van der Waals surface area contributed by atoms with E-state index in [4.69, 9.17) is 10.5 Å². The van der Waals surface area contributed by atoms with Crippen molar-refractivity contribution in [1.82, 2.24) is 0 Å². The van der Waals surface area contributed by atoms with E-state index < -0.39 is 0 Å². The molecule has 3 rings (SSSR count). The molecule has 0 atom stereocenters. The molecule has 1 aromatic rings. The lowest BCUT2D eigenvalue weighted by molar-refractivity contribution is 0.362. The van der Waals surface area contributed by atoms with E-state index in [1.807, 2.05) is 12.1 Å². The van der Waals surface area contributed by atoms with Gasteiger partial charge in [0, 0.05) is 16.5 Å². The summed E-state index contributed by atoms with van der Waals surface area (Å²) in [5, 5.41) is 10.2. The van der Waals surface area contributed by atoms with Gasteiger partial charge in [0.25, 0.3) is 0 Å². The van der Waals surface area contributed by atoms with Crippen molar-refractivity contribution in [1.29, 1.82) is 0 Å². The summed E-state index contributed by atoms with van der Waals surface area (Å²) >= 11 is 0. The molecule has 2 saturated carbocycles. The molecular formula is C13H17NO2. The highest BCUT2D eigenvalue weighted by atomic mass is 16.5. The van der Waals surface area contributed by atoms with E-state index in [-0.39, 0.29) is 16.7 Å². The molecule has 0 aromatic heterocycles. The van der Waals surface area contributed by atoms with Gasteiger partial charge in [0.15, 0.2) is 11.5 Å². The van der Waals surface area contributed by atoms with Crippen LogP contribution in [-0.2, 0) is 5.41 Å². The van der Waals surface area contributed by atoms with Crippen LogP contribution in [0.5, 0.6) is 11.5 Å². The Morgan fingerprint density at radius 1 is 1.25 bits per heavy atom. The lowest BCUT2D eigenvalue weighted by atomic mass is 9.85. The topological polar surface area (TPSA) is 55.5 Å². The van der Waals surface area contributed by atoms with E-state index in [1.54, 1.807) is 13.2 Å². The minimum atomic E-state index is -0.0726. The molecule has 0 unspecified atom stereocenters. The Bertz CT molecular complexity index is 434. The Morgan fingerprint density at radius 2 is 1.94 bits per heavy atom. The summed E-state index contributed by atoms with van der Waals surface area (Å²) in [6.07, 6.45) is 4.32. The summed E-state index contributed by atoms with van der Waals surface area (Å²) in [5.41, 5.74) is 7.25. The molecule has 1 aromatic carbocycles. The third-order valence-corrected chi connectivity index (χ3v) is 4.23. The molecule has 0 aliphatic heterocycles. The molecule has 3 heteroatoms. The van der Waals surface area contributed by atoms with Crippen molar-refractivity contribution in [2.24, 2.45) is 5.73 Å². The number of methoxy groups -OCH3 is 1. The second-order valence-electron chi connectivity index (χ2n) is 5.09. The van der Waals surface area contributed by atoms with Gasteiger partial charge >= 0.3 is 0 Å². The normalized spacial score (nSPS) is 23.9. The van der Waals surface area contributed by atoms with E-state index >= 15 is 0 Å². The third kappa shape index (κ3) is 1.12. The van der Waals surface area contributed by atoms with Crippen LogP contribution in [0.2, 0.25) is 0 Å². The van der Waals surface area contributed by atoms with Gasteiger partial charge < -0.3 is 15.6 Å². The summed E-state index contributed by atoms with van der Waals surface area (Å²) in [6, 6.07) is 5.70. The number of phenols is 1. The zero-order valence-electron chi connectivity index (χ0n) is 9.49. The first-order valence-corrected chi connectivity index (χ1v) is 5.78. The fourth-order valence-corrected chi connectivity index (χ4v) is 2.85. The van der Waals surface area contributed by atoms with E-state index in [9.17, 15) is 5.11 Å². The largest absolute Gasteiger partial charge is 0.504 e. The van der Waals surface area contributed by atoms with Crippen LogP contribution in [0, 0.1) is 0 Å². The number of hydrogen-bond acceptors (Lipinski definition) is 3. The van der Waals surface area contributed by atoms with E-state index in [0.717, 1.165) is 31.2 Å². The first-order valence-electron chi connectivity index (χ1n) is 5.78. The third-order valence-electron chi connectivity index (χ3n) is 4.23. The van der Waals surface area contributed by atoms with E-state index in [0.29, 0.717) is 5.75 Å². The number of phenolic OH excluding ortho intramolecular Hbond substituents is 1. The zero-order chi connectivity index (χ0) is 11.4. The van der Waals surface area contributed by atoms with Crippen molar-refractivity contribution in [3.8, 4) is 11.5 Å². The lowest BCUT2D eigenvalue weighted by Crippen LogP contribution is -2.37. The molecule has 3 nitrogen and oxygen atoms in total. The lowest BCUT2D eigenvalue weighted by Gasteiger charge is -2.24. The van der Waals surface area contributed by atoms with Crippen molar-refractivity contribution in [2.75, 3.05) is 7.11 Å². The number of aromatic hydroxyl groups is 1. The number of hydrogen-bond donors (Lipinski definition) is 2. The van der Waals surface area contributed by atoms with Gasteiger partial charge in [-0.1, -0.05) is 12.1 Å². The highest BCUT2D eigenvalue weighted by molar-refractivity contribution is 5.54. The predicted octanol–water partition coefficient (Wildman–Crippen LogP) is 1.92. The van der Waals surface area contributed by atoms with Gasteiger partial charge in [0.05, 0.1) is 7.11 Å². The molecule has 86 valence electrons. The van der Waals surface area contributed by atoms with Crippen LogP contribution in [0.25, 0.3) is 0 Å². The molecule has 2 fully saturated rings. The van der Waals surface area contributed by atoms with E-state index in [1.165, 1.54) is 0 Å². The fraction of sp³-hybridized carbons (Fsp3) is 0.538. The minimum absolute atomic E-state index is 0.0195. The average molecular weight is 219 g/mol. The molecule has 0 bridgehead atoms. The highest BCUT2D eigenvalue weighted by Crippen LogP contribution is 2.65. The quantitative estimate of drug-likeness (QED) is 0.816. The second-order valence-corrected chi connectivity index (χ2v) is 5.09. The average Bonchev–Trinajstić information content (AvgIpc) is 3.14. The molecular weight excluding hydrogens is 202 g/mol. The summed E-state index contributed by atoms with van der Waals surface area (Å²) in [7, 11) is 1.58. The summed E-state index contributed by atoms with van der Waals surface area (Å²) in [6.45, 7) is 0. The Kier molecular flexibility index (Phi) is 1.82. The van der Waals surface area contributed by atoms with Gasteiger partial charge in [-0.3, -0.25) is 0 Å². The minimum Gasteiger partial charge on any atom is -0.504 e. The van der Waals surface area contributed by atoms with Crippen LogP contribution in [0.4, 0.5) is 0 Å². The molecule has 0 amide bonds. The second kappa shape index (κ2) is 2.92. The van der Waals surface area contributed by atoms with E-state index in [2.05, 4.69) is 0 Å². The Hall–Kier alpha value is -1.22. The maximum absolute atomic E-state index is 10.2. The molecule has 3 N–H and O–H groups in total. The van der Waals surface area contributed by atoms with Crippen molar-refractivity contribution >= 4 is 0 Å². The van der Waals surface area contributed by atoms with Crippen LogP contribution in [0.3, 0.4) is 0 Å². The highest BCUT2D eigenvalue weighted by Gasteiger charge is 2.65. The first-order chi connectivity index (χ1) is 7.63. The van der Waals surface area contributed by atoms with Gasteiger partial charge in [0.2, 0.25) is 0 Å². The van der Waals surface area contributed by atoms with Crippen LogP contribution in [0.1, 0.15) is 31.2 Å². The Morgan fingerprint density at radius 3 is 2.44 bits per heavy atom. The monoisotopic (exact) mass is 219 g/mol. The number of rotatable bonds is 3.